The molecule has 0 unspecified atom stereocenters. The van der Waals surface area contributed by atoms with Crippen LogP contribution in [0.25, 0.3) is 11.0 Å². The number of anilines is 1. The van der Waals surface area contributed by atoms with Crippen LogP contribution in [0, 0.1) is 0 Å². The molecule has 1 heterocycles. The van der Waals surface area contributed by atoms with E-state index in [0.717, 1.165) is 28.8 Å². The van der Waals surface area contributed by atoms with E-state index in [-0.39, 0.29) is 0 Å². The Kier molecular flexibility index (Phi) is 3.29. The number of nitrogens with one attached hydrogen (secondary N) is 1. The van der Waals surface area contributed by atoms with Gasteiger partial charge in [-0.2, -0.15) is 0 Å². The van der Waals surface area contributed by atoms with Gasteiger partial charge < -0.3 is 15.0 Å². The minimum Gasteiger partial charge on any atom is -0.508 e. The quantitative estimate of drug-likeness (QED) is 0.762. The minimum absolute atomic E-state index is 0.316. The molecule has 0 radical (unpaired) electrons. The molecule has 0 fully saturated rings. The molecule has 3 aromatic rings. The summed E-state index contributed by atoms with van der Waals surface area (Å²) in [5.41, 5.74) is 4.00. The number of hydrogen-bond donors (Lipinski definition) is 2. The molecule has 0 saturated heterocycles. The summed E-state index contributed by atoms with van der Waals surface area (Å²) in [5, 5.41) is 13.1. The molecule has 2 N–H and O–H groups in total. The van der Waals surface area contributed by atoms with E-state index in [2.05, 4.69) is 27.9 Å². The van der Waals surface area contributed by atoms with Gasteiger partial charge in [-0.15, -0.1) is 0 Å². The fourth-order valence-corrected chi connectivity index (χ4v) is 2.28. The second-order valence-corrected chi connectivity index (χ2v) is 4.72. The minimum atomic E-state index is 0.316. The van der Waals surface area contributed by atoms with Gasteiger partial charge >= 0.3 is 0 Å². The molecule has 0 spiro atoms. The highest BCUT2D eigenvalue weighted by Gasteiger charge is 2.03. The van der Waals surface area contributed by atoms with Gasteiger partial charge in [0.25, 0.3) is 0 Å². The van der Waals surface area contributed by atoms with Crippen molar-refractivity contribution in [2.24, 2.45) is 0 Å². The van der Waals surface area contributed by atoms with Crippen LogP contribution in [0.15, 0.2) is 48.8 Å². The number of nitrogens with zero attached hydrogens (tertiary/aromatic N) is 2. The number of hydrogen-bond acceptors (Lipinski definition) is 3. The Bertz CT molecular complexity index is 733. The van der Waals surface area contributed by atoms with Crippen LogP contribution in [0.3, 0.4) is 0 Å². The van der Waals surface area contributed by atoms with Crippen molar-refractivity contribution in [3.05, 3.63) is 54.4 Å². The summed E-state index contributed by atoms with van der Waals surface area (Å²) in [4.78, 5) is 4.40. The number of aromatic nitrogens is 2. The Hall–Kier alpha value is -2.49. The van der Waals surface area contributed by atoms with Crippen LogP contribution in [0.2, 0.25) is 0 Å². The van der Waals surface area contributed by atoms with E-state index in [0.29, 0.717) is 12.3 Å². The van der Waals surface area contributed by atoms with Crippen LogP contribution in [-0.2, 0) is 13.1 Å². The van der Waals surface area contributed by atoms with Crippen molar-refractivity contribution in [1.29, 1.82) is 0 Å². The van der Waals surface area contributed by atoms with Gasteiger partial charge in [0.2, 0.25) is 0 Å². The Balaban J connectivity index is 1.80. The first-order chi connectivity index (χ1) is 9.78. The fourth-order valence-electron chi connectivity index (χ4n) is 2.28. The lowest BCUT2D eigenvalue weighted by atomic mass is 10.2. The summed E-state index contributed by atoms with van der Waals surface area (Å²) >= 11 is 0. The van der Waals surface area contributed by atoms with Gasteiger partial charge in [-0.25, -0.2) is 4.98 Å². The zero-order valence-corrected chi connectivity index (χ0v) is 11.4. The molecule has 102 valence electrons. The number of aryl methyl sites for hydroxylation is 1. The summed E-state index contributed by atoms with van der Waals surface area (Å²) in [7, 11) is 0. The molecule has 4 heteroatoms. The third-order valence-electron chi connectivity index (χ3n) is 3.44. The number of para-hydroxylation sites is 1. The molecule has 0 aliphatic carbocycles. The Morgan fingerprint density at radius 2 is 2.05 bits per heavy atom. The van der Waals surface area contributed by atoms with Crippen molar-refractivity contribution >= 4 is 16.7 Å². The number of aromatic hydroxyl groups is 1. The molecule has 0 amide bonds. The number of fused-ring (bicyclic) bond motifs is 1. The summed E-state index contributed by atoms with van der Waals surface area (Å²) in [6.07, 6.45) is 1.86. The van der Waals surface area contributed by atoms with Gasteiger partial charge in [-0.05, 0) is 31.2 Å². The van der Waals surface area contributed by atoms with E-state index in [1.807, 2.05) is 36.7 Å². The zero-order chi connectivity index (χ0) is 13.9. The van der Waals surface area contributed by atoms with Crippen LogP contribution in [0.5, 0.6) is 5.75 Å². The predicted octanol–water partition coefficient (Wildman–Crippen LogP) is 3.37. The fraction of sp³-hybridized carbons (Fsp3) is 0.188. The Morgan fingerprint density at radius 3 is 2.85 bits per heavy atom. The van der Waals surface area contributed by atoms with E-state index < -0.39 is 0 Å². The third kappa shape index (κ3) is 2.32. The SMILES string of the molecule is CCn1cnc2cc(NCc3ccccc3O)ccc21. The summed E-state index contributed by atoms with van der Waals surface area (Å²) in [6.45, 7) is 3.61. The molecule has 0 saturated carbocycles. The van der Waals surface area contributed by atoms with E-state index in [1.165, 1.54) is 0 Å². The average molecular weight is 267 g/mol. The number of imidazole rings is 1. The van der Waals surface area contributed by atoms with Gasteiger partial charge in [0.05, 0.1) is 17.4 Å². The van der Waals surface area contributed by atoms with Crippen LogP contribution < -0.4 is 5.32 Å². The second-order valence-electron chi connectivity index (χ2n) is 4.72. The van der Waals surface area contributed by atoms with Gasteiger partial charge in [-0.1, -0.05) is 18.2 Å². The highest BCUT2D eigenvalue weighted by molar-refractivity contribution is 5.79. The molecule has 2 aromatic carbocycles. The topological polar surface area (TPSA) is 50.1 Å². The molecule has 20 heavy (non-hydrogen) atoms. The van der Waals surface area contributed by atoms with E-state index in [1.54, 1.807) is 6.07 Å². The lowest BCUT2D eigenvalue weighted by Gasteiger charge is -2.08. The van der Waals surface area contributed by atoms with Gasteiger partial charge in [-0.3, -0.25) is 0 Å². The van der Waals surface area contributed by atoms with Crippen molar-refractivity contribution in [2.45, 2.75) is 20.0 Å². The second kappa shape index (κ2) is 5.25. The van der Waals surface area contributed by atoms with Gasteiger partial charge in [0, 0.05) is 24.3 Å². The van der Waals surface area contributed by atoms with E-state index >= 15 is 0 Å². The molecule has 4 nitrogen and oxygen atoms in total. The highest BCUT2D eigenvalue weighted by atomic mass is 16.3. The number of benzene rings is 2. The van der Waals surface area contributed by atoms with Crippen molar-refractivity contribution in [2.75, 3.05) is 5.32 Å². The first-order valence-electron chi connectivity index (χ1n) is 6.73. The standard InChI is InChI=1S/C16H17N3O/c1-2-19-11-18-14-9-13(7-8-15(14)19)17-10-12-5-3-4-6-16(12)20/h3-9,11,17,20H,2,10H2,1H3. The van der Waals surface area contributed by atoms with Gasteiger partial charge in [0.1, 0.15) is 5.75 Å². The molecule has 0 aliphatic heterocycles. The van der Waals surface area contributed by atoms with E-state index in [4.69, 9.17) is 0 Å². The Morgan fingerprint density at radius 1 is 1.20 bits per heavy atom. The molecular formula is C16H17N3O. The summed E-state index contributed by atoms with van der Waals surface area (Å²) in [6, 6.07) is 13.5. The van der Waals surface area contributed by atoms with Crippen LogP contribution in [0.4, 0.5) is 5.69 Å². The van der Waals surface area contributed by atoms with Crippen molar-refractivity contribution < 1.29 is 5.11 Å². The van der Waals surface area contributed by atoms with Crippen molar-refractivity contribution in [1.82, 2.24) is 9.55 Å². The average Bonchev–Trinajstić information content (AvgIpc) is 2.88. The Labute approximate surface area is 117 Å². The van der Waals surface area contributed by atoms with Crippen LogP contribution >= 0.6 is 0 Å². The lowest BCUT2D eigenvalue weighted by Crippen LogP contribution is -1.99. The monoisotopic (exact) mass is 267 g/mol. The van der Waals surface area contributed by atoms with Crippen molar-refractivity contribution in [3.8, 4) is 5.75 Å². The number of phenolic OH excluding ortho intramolecular Hbond substituents is 1. The normalized spacial score (nSPS) is 10.8. The molecule has 1 aromatic heterocycles. The van der Waals surface area contributed by atoms with E-state index in [9.17, 15) is 5.11 Å². The zero-order valence-electron chi connectivity index (χ0n) is 11.4. The van der Waals surface area contributed by atoms with Crippen molar-refractivity contribution in [3.63, 3.8) is 0 Å². The smallest absolute Gasteiger partial charge is 0.120 e. The largest absolute Gasteiger partial charge is 0.508 e. The molecule has 0 bridgehead atoms. The molecule has 0 atom stereocenters. The lowest BCUT2D eigenvalue weighted by molar-refractivity contribution is 0.469. The maximum Gasteiger partial charge on any atom is 0.120 e. The number of rotatable bonds is 4. The van der Waals surface area contributed by atoms with Crippen LogP contribution in [-0.4, -0.2) is 14.7 Å². The first kappa shape index (κ1) is 12.5. The first-order valence-corrected chi connectivity index (χ1v) is 6.73. The number of phenols is 1. The summed E-state index contributed by atoms with van der Waals surface area (Å²) in [5.74, 6) is 0.316. The molecule has 3 rings (SSSR count). The third-order valence-corrected chi connectivity index (χ3v) is 3.44. The maximum atomic E-state index is 9.74. The molecule has 0 aliphatic rings. The highest BCUT2D eigenvalue weighted by Crippen LogP contribution is 2.21. The maximum absolute atomic E-state index is 9.74. The van der Waals surface area contributed by atoms with Gasteiger partial charge in [0.15, 0.2) is 0 Å². The summed E-state index contributed by atoms with van der Waals surface area (Å²) < 4.78 is 2.11. The predicted molar refractivity (Wildman–Crippen MR) is 80.8 cm³/mol. The molecular weight excluding hydrogens is 250 g/mol. The van der Waals surface area contributed by atoms with Crippen LogP contribution in [0.1, 0.15) is 12.5 Å².